The maximum Gasteiger partial charge on any atom is 0.0448 e. The van der Waals surface area contributed by atoms with Crippen molar-refractivity contribution < 1.29 is 0 Å². The van der Waals surface area contributed by atoms with Gasteiger partial charge in [0.25, 0.3) is 0 Å². The molecule has 0 heterocycles. The van der Waals surface area contributed by atoms with Crippen LogP contribution in [-0.4, -0.2) is 5.71 Å². The highest BCUT2D eigenvalue weighted by molar-refractivity contribution is 5.99. The molecule has 1 aromatic carbocycles. The summed E-state index contributed by atoms with van der Waals surface area (Å²) < 4.78 is 0. The molecule has 0 atom stereocenters. The third-order valence-electron chi connectivity index (χ3n) is 2.87. The van der Waals surface area contributed by atoms with E-state index in [0.29, 0.717) is 0 Å². The molecule has 16 heavy (non-hydrogen) atoms. The van der Waals surface area contributed by atoms with Gasteiger partial charge in [-0.1, -0.05) is 42.5 Å². The van der Waals surface area contributed by atoms with Crippen molar-refractivity contribution >= 4 is 5.71 Å². The van der Waals surface area contributed by atoms with Gasteiger partial charge in [0, 0.05) is 11.4 Å². The number of hydrogen-bond acceptors (Lipinski definition) is 1. The molecule has 1 heteroatoms. The summed E-state index contributed by atoms with van der Waals surface area (Å²) in [5.41, 5.74) is 4.83. The first kappa shape index (κ1) is 10.9. The minimum absolute atomic E-state index is 1.06. The molecular weight excluding hydrogens is 194 g/mol. The number of allylic oxidation sites excluding steroid dienone is 4. The molecule has 1 nitrogen and oxygen atoms in total. The molecular formula is C15H17N. The van der Waals surface area contributed by atoms with E-state index in [4.69, 9.17) is 4.99 Å². The van der Waals surface area contributed by atoms with Crippen LogP contribution >= 0.6 is 0 Å². The van der Waals surface area contributed by atoms with Crippen LogP contribution in [0.4, 0.5) is 0 Å². The van der Waals surface area contributed by atoms with Crippen LogP contribution < -0.4 is 0 Å². The molecule has 0 unspecified atom stereocenters. The highest BCUT2D eigenvalue weighted by Gasteiger charge is 2.04. The molecule has 1 aliphatic carbocycles. The first-order valence-corrected chi connectivity index (χ1v) is 5.74. The van der Waals surface area contributed by atoms with Gasteiger partial charge in [-0.25, -0.2) is 0 Å². The van der Waals surface area contributed by atoms with E-state index in [1.807, 2.05) is 6.07 Å². The number of nitrogens with zero attached hydrogens (tertiary/aromatic N) is 1. The second-order valence-corrected chi connectivity index (χ2v) is 4.13. The van der Waals surface area contributed by atoms with E-state index in [1.165, 1.54) is 16.8 Å². The fourth-order valence-corrected chi connectivity index (χ4v) is 1.86. The summed E-state index contributed by atoms with van der Waals surface area (Å²) in [5, 5.41) is 0. The molecule has 2 rings (SSSR count). The molecule has 0 fully saturated rings. The molecule has 82 valence electrons. The summed E-state index contributed by atoms with van der Waals surface area (Å²) in [6.07, 6.45) is 6.55. The number of rotatable bonds is 2. The number of benzene rings is 1. The second-order valence-electron chi connectivity index (χ2n) is 4.13. The smallest absolute Gasteiger partial charge is 0.0448 e. The zero-order valence-electron chi connectivity index (χ0n) is 9.90. The molecule has 0 amide bonds. The van der Waals surface area contributed by atoms with Crippen LogP contribution in [0.1, 0.15) is 32.3 Å². The van der Waals surface area contributed by atoms with Crippen molar-refractivity contribution in [3.8, 4) is 0 Å². The molecule has 0 N–H and O–H groups in total. The fourth-order valence-electron chi connectivity index (χ4n) is 1.86. The molecule has 0 saturated heterocycles. The predicted molar refractivity (Wildman–Crippen MR) is 69.7 cm³/mol. The summed E-state index contributed by atoms with van der Waals surface area (Å²) in [5.74, 6) is 0. The lowest BCUT2D eigenvalue weighted by Crippen LogP contribution is -1.97. The topological polar surface area (TPSA) is 12.4 Å². The van der Waals surface area contributed by atoms with Crippen LogP contribution in [0.2, 0.25) is 0 Å². The minimum atomic E-state index is 1.06. The maximum atomic E-state index is 4.73. The lowest BCUT2D eigenvalue weighted by Gasteiger charge is -2.10. The van der Waals surface area contributed by atoms with Gasteiger partial charge in [0.1, 0.15) is 0 Å². The van der Waals surface area contributed by atoms with E-state index in [9.17, 15) is 0 Å². The van der Waals surface area contributed by atoms with E-state index in [-0.39, 0.29) is 0 Å². The molecule has 0 bridgehead atoms. The molecule has 1 aliphatic rings. The molecule has 0 radical (unpaired) electrons. The Morgan fingerprint density at radius 1 is 1.19 bits per heavy atom. The first-order chi connectivity index (χ1) is 7.77. The van der Waals surface area contributed by atoms with E-state index in [0.717, 1.165) is 18.6 Å². The molecule has 0 aliphatic heterocycles. The van der Waals surface area contributed by atoms with Gasteiger partial charge in [-0.3, -0.25) is 4.99 Å². The monoisotopic (exact) mass is 211 g/mol. The van der Waals surface area contributed by atoms with Gasteiger partial charge in [-0.15, -0.1) is 0 Å². The van der Waals surface area contributed by atoms with E-state index < -0.39 is 0 Å². The van der Waals surface area contributed by atoms with Crippen LogP contribution in [0, 0.1) is 0 Å². The predicted octanol–water partition coefficient (Wildman–Crippen LogP) is 4.12. The molecule has 0 aromatic heterocycles. The highest BCUT2D eigenvalue weighted by atomic mass is 14.8. The van der Waals surface area contributed by atoms with Crippen molar-refractivity contribution in [1.82, 2.24) is 0 Å². The van der Waals surface area contributed by atoms with Gasteiger partial charge in [0.15, 0.2) is 0 Å². The van der Waals surface area contributed by atoms with Crippen molar-refractivity contribution in [2.45, 2.75) is 26.7 Å². The Morgan fingerprint density at radius 3 is 2.62 bits per heavy atom. The lowest BCUT2D eigenvalue weighted by atomic mass is 10.0. The Balaban J connectivity index is 2.28. The van der Waals surface area contributed by atoms with Crippen LogP contribution in [0.3, 0.4) is 0 Å². The Labute approximate surface area is 97.2 Å². The summed E-state index contributed by atoms with van der Waals surface area (Å²) in [4.78, 5) is 4.73. The van der Waals surface area contributed by atoms with Crippen molar-refractivity contribution in [2.24, 2.45) is 4.99 Å². The van der Waals surface area contributed by atoms with Crippen LogP contribution in [0.15, 0.2) is 58.7 Å². The second kappa shape index (κ2) is 4.93. The Kier molecular flexibility index (Phi) is 3.35. The summed E-state index contributed by atoms with van der Waals surface area (Å²) >= 11 is 0. The Bertz CT molecular complexity index is 450. The van der Waals surface area contributed by atoms with E-state index in [1.54, 1.807) is 0 Å². The van der Waals surface area contributed by atoms with Crippen LogP contribution in [0.25, 0.3) is 0 Å². The van der Waals surface area contributed by atoms with Crippen LogP contribution in [-0.2, 0) is 0 Å². The van der Waals surface area contributed by atoms with Crippen molar-refractivity contribution in [1.29, 1.82) is 0 Å². The quantitative estimate of drug-likeness (QED) is 0.652. The zero-order valence-corrected chi connectivity index (χ0v) is 9.90. The standard InChI is InChI=1S/C15H17N/c1-12-8-6-7-11-15(12)16-13(2)14-9-4-3-5-10-14/h3-6,8-10H,7,11H2,1-2H3/b16-13+. The molecule has 0 spiro atoms. The van der Waals surface area contributed by atoms with Gasteiger partial charge < -0.3 is 0 Å². The number of hydrogen-bond donors (Lipinski definition) is 0. The van der Waals surface area contributed by atoms with Crippen molar-refractivity contribution in [2.75, 3.05) is 0 Å². The highest BCUT2D eigenvalue weighted by Crippen LogP contribution is 2.20. The number of aliphatic imine (C=N–C) groups is 1. The molecule has 1 aromatic rings. The minimum Gasteiger partial charge on any atom is -0.257 e. The zero-order chi connectivity index (χ0) is 11.4. The molecule has 0 saturated carbocycles. The van der Waals surface area contributed by atoms with Crippen LogP contribution in [0.5, 0.6) is 0 Å². The average Bonchev–Trinajstić information content (AvgIpc) is 2.33. The van der Waals surface area contributed by atoms with Crippen molar-refractivity contribution in [3.05, 3.63) is 59.3 Å². The largest absolute Gasteiger partial charge is 0.257 e. The normalized spacial score (nSPS) is 16.8. The van der Waals surface area contributed by atoms with Gasteiger partial charge in [0.05, 0.1) is 0 Å². The summed E-state index contributed by atoms with van der Waals surface area (Å²) in [6.45, 7) is 4.21. The lowest BCUT2D eigenvalue weighted by molar-refractivity contribution is 0.921. The third-order valence-corrected chi connectivity index (χ3v) is 2.87. The Morgan fingerprint density at radius 2 is 1.94 bits per heavy atom. The van der Waals surface area contributed by atoms with Gasteiger partial charge >= 0.3 is 0 Å². The van der Waals surface area contributed by atoms with E-state index in [2.05, 4.69) is 50.3 Å². The maximum absolute atomic E-state index is 4.73. The summed E-state index contributed by atoms with van der Waals surface area (Å²) in [6, 6.07) is 10.3. The SMILES string of the molecule is CC1=C(/N=C(\C)c2ccccc2)CCC=C1. The van der Waals surface area contributed by atoms with Gasteiger partial charge in [-0.05, 0) is 37.8 Å². The first-order valence-electron chi connectivity index (χ1n) is 5.74. The van der Waals surface area contributed by atoms with Gasteiger partial charge in [-0.2, -0.15) is 0 Å². The van der Waals surface area contributed by atoms with E-state index >= 15 is 0 Å². The third kappa shape index (κ3) is 2.48. The van der Waals surface area contributed by atoms with Crippen molar-refractivity contribution in [3.63, 3.8) is 0 Å². The fraction of sp³-hybridized carbons (Fsp3) is 0.267. The Hall–Kier alpha value is -1.63. The van der Waals surface area contributed by atoms with Gasteiger partial charge in [0.2, 0.25) is 0 Å². The summed E-state index contributed by atoms with van der Waals surface area (Å²) in [7, 11) is 0. The average molecular weight is 211 g/mol.